The Morgan fingerprint density at radius 3 is 2.15 bits per heavy atom. The van der Waals surface area contributed by atoms with Crippen LogP contribution < -0.4 is 5.32 Å². The van der Waals surface area contributed by atoms with Crippen molar-refractivity contribution in [2.45, 2.75) is 90.4 Å². The number of carbonyl (C=O) groups excluding carboxylic acids is 3. The summed E-state index contributed by atoms with van der Waals surface area (Å²) in [6.45, 7) is 8.01. The van der Waals surface area contributed by atoms with Gasteiger partial charge in [-0.15, -0.1) is 0 Å². The van der Waals surface area contributed by atoms with Crippen molar-refractivity contribution >= 4 is 18.0 Å². The lowest BCUT2D eigenvalue weighted by molar-refractivity contribution is -0.160. The van der Waals surface area contributed by atoms with Crippen molar-refractivity contribution in [1.29, 1.82) is 0 Å². The van der Waals surface area contributed by atoms with E-state index in [4.69, 9.17) is 9.47 Å². The summed E-state index contributed by atoms with van der Waals surface area (Å²) >= 11 is 0. The van der Waals surface area contributed by atoms with E-state index in [9.17, 15) is 14.4 Å². The van der Waals surface area contributed by atoms with Crippen molar-refractivity contribution in [2.75, 3.05) is 13.1 Å². The van der Waals surface area contributed by atoms with Crippen LogP contribution in [0.25, 0.3) is 0 Å². The third-order valence-electron chi connectivity index (χ3n) is 5.09. The van der Waals surface area contributed by atoms with Gasteiger partial charge in [-0.25, -0.2) is 4.79 Å². The lowest BCUT2D eigenvalue weighted by Crippen LogP contribution is -2.45. The Morgan fingerprint density at radius 2 is 1.59 bits per heavy atom. The second-order valence-electron chi connectivity index (χ2n) is 8.66. The lowest BCUT2D eigenvalue weighted by Gasteiger charge is -2.33. The van der Waals surface area contributed by atoms with Crippen LogP contribution in [-0.4, -0.2) is 53.7 Å². The zero-order valence-corrected chi connectivity index (χ0v) is 17.1. The molecule has 0 aromatic carbocycles. The van der Waals surface area contributed by atoms with E-state index in [0.717, 1.165) is 25.7 Å². The first kappa shape index (κ1) is 21.5. The molecule has 2 rings (SSSR count). The van der Waals surface area contributed by atoms with Gasteiger partial charge in [-0.3, -0.25) is 9.59 Å². The largest absolute Gasteiger partial charge is 0.452 e. The number of nitrogens with one attached hydrogen (secondary N) is 1. The van der Waals surface area contributed by atoms with Crippen LogP contribution >= 0.6 is 0 Å². The maximum absolute atomic E-state index is 12.4. The molecule has 1 heterocycles. The third-order valence-corrected chi connectivity index (χ3v) is 5.09. The van der Waals surface area contributed by atoms with Gasteiger partial charge in [0.25, 0.3) is 5.91 Å². The Labute approximate surface area is 162 Å². The summed E-state index contributed by atoms with van der Waals surface area (Å²) in [6.07, 6.45) is 5.39. The smallest absolute Gasteiger partial charge is 0.410 e. The fourth-order valence-corrected chi connectivity index (χ4v) is 3.51. The monoisotopic (exact) mass is 382 g/mol. The minimum absolute atomic E-state index is 0.199. The van der Waals surface area contributed by atoms with Gasteiger partial charge in [0.05, 0.1) is 5.92 Å². The van der Waals surface area contributed by atoms with Crippen LogP contribution in [-0.2, 0) is 19.1 Å². The summed E-state index contributed by atoms with van der Waals surface area (Å²) in [5.74, 6) is -0.861. The first-order valence-corrected chi connectivity index (χ1v) is 10.1. The third kappa shape index (κ3) is 7.03. The fraction of sp³-hybridized carbons (Fsp3) is 0.850. The molecule has 0 spiro atoms. The molecule has 2 fully saturated rings. The predicted octanol–water partition coefficient (Wildman–Crippen LogP) is 3.01. The molecule has 7 nitrogen and oxygen atoms in total. The van der Waals surface area contributed by atoms with Crippen LogP contribution in [0.15, 0.2) is 0 Å². The van der Waals surface area contributed by atoms with Gasteiger partial charge in [0.15, 0.2) is 6.10 Å². The van der Waals surface area contributed by atoms with E-state index in [1.807, 2.05) is 20.8 Å². The Hall–Kier alpha value is -1.79. The summed E-state index contributed by atoms with van der Waals surface area (Å²) in [4.78, 5) is 38.3. The van der Waals surface area contributed by atoms with Crippen molar-refractivity contribution in [3.63, 3.8) is 0 Å². The van der Waals surface area contributed by atoms with Gasteiger partial charge < -0.3 is 19.7 Å². The molecule has 1 aliphatic carbocycles. The Kier molecular flexibility index (Phi) is 7.50. The summed E-state index contributed by atoms with van der Waals surface area (Å²) < 4.78 is 10.7. The van der Waals surface area contributed by atoms with Gasteiger partial charge in [-0.2, -0.15) is 0 Å². The number of ether oxygens (including phenoxy) is 2. The van der Waals surface area contributed by atoms with Crippen LogP contribution in [0.1, 0.15) is 72.6 Å². The van der Waals surface area contributed by atoms with Gasteiger partial charge in [0, 0.05) is 19.1 Å². The van der Waals surface area contributed by atoms with Gasteiger partial charge in [0.1, 0.15) is 5.60 Å². The SMILES string of the molecule is C[C@@H](OC(=O)C1CCN(C(=O)OC(C)(C)C)CC1)C(=O)NC1CCCCC1. The lowest BCUT2D eigenvalue weighted by atomic mass is 9.95. The van der Waals surface area contributed by atoms with Crippen molar-refractivity contribution in [3.8, 4) is 0 Å². The van der Waals surface area contributed by atoms with Gasteiger partial charge in [0.2, 0.25) is 0 Å². The first-order valence-electron chi connectivity index (χ1n) is 10.1. The number of rotatable bonds is 4. The first-order chi connectivity index (χ1) is 12.7. The van der Waals surface area contributed by atoms with E-state index in [0.29, 0.717) is 25.9 Å². The highest BCUT2D eigenvalue weighted by molar-refractivity contribution is 5.84. The molecule has 27 heavy (non-hydrogen) atoms. The zero-order valence-electron chi connectivity index (χ0n) is 17.1. The van der Waals surface area contributed by atoms with Crippen molar-refractivity contribution in [1.82, 2.24) is 10.2 Å². The standard InChI is InChI=1S/C20H34N2O5/c1-14(17(23)21-16-8-6-5-7-9-16)26-18(24)15-10-12-22(13-11-15)19(25)27-20(2,3)4/h14-16H,5-13H2,1-4H3,(H,21,23)/t14-/m1/s1. The number of amides is 2. The zero-order chi connectivity index (χ0) is 20.0. The molecule has 0 aromatic heterocycles. The van der Waals surface area contributed by atoms with Gasteiger partial charge >= 0.3 is 12.1 Å². The van der Waals surface area contributed by atoms with E-state index in [1.54, 1.807) is 11.8 Å². The van der Waals surface area contributed by atoms with E-state index >= 15 is 0 Å². The molecule has 154 valence electrons. The van der Waals surface area contributed by atoms with E-state index in [-0.39, 0.29) is 29.9 Å². The van der Waals surface area contributed by atoms with Crippen molar-refractivity contribution < 1.29 is 23.9 Å². The highest BCUT2D eigenvalue weighted by atomic mass is 16.6. The maximum Gasteiger partial charge on any atom is 0.410 e. The van der Waals surface area contributed by atoms with Crippen LogP contribution in [0.5, 0.6) is 0 Å². The quantitative estimate of drug-likeness (QED) is 0.756. The van der Waals surface area contributed by atoms with E-state index in [2.05, 4.69) is 5.32 Å². The fourth-order valence-electron chi connectivity index (χ4n) is 3.51. The average molecular weight is 383 g/mol. The summed E-state index contributed by atoms with van der Waals surface area (Å²) in [7, 11) is 0. The summed E-state index contributed by atoms with van der Waals surface area (Å²) in [6, 6.07) is 0.199. The molecular formula is C20H34N2O5. The molecule has 0 unspecified atom stereocenters. The molecule has 1 saturated heterocycles. The molecule has 2 amide bonds. The van der Waals surface area contributed by atoms with Crippen LogP contribution in [0.2, 0.25) is 0 Å². The van der Waals surface area contributed by atoms with Crippen LogP contribution in [0.4, 0.5) is 4.79 Å². The molecule has 2 aliphatic rings. The molecule has 0 bridgehead atoms. The topological polar surface area (TPSA) is 84.9 Å². The minimum atomic E-state index is -0.789. The Balaban J connectivity index is 1.73. The molecular weight excluding hydrogens is 348 g/mol. The normalized spacial score (nSPS) is 20.7. The molecule has 0 aromatic rings. The second kappa shape index (κ2) is 9.42. The molecule has 0 radical (unpaired) electrons. The van der Waals surface area contributed by atoms with E-state index in [1.165, 1.54) is 6.42 Å². The van der Waals surface area contributed by atoms with Crippen molar-refractivity contribution in [3.05, 3.63) is 0 Å². The van der Waals surface area contributed by atoms with Gasteiger partial charge in [-0.1, -0.05) is 19.3 Å². The highest BCUT2D eigenvalue weighted by Gasteiger charge is 2.32. The van der Waals surface area contributed by atoms with Gasteiger partial charge in [-0.05, 0) is 53.4 Å². The number of carbonyl (C=O) groups is 3. The minimum Gasteiger partial charge on any atom is -0.452 e. The predicted molar refractivity (Wildman–Crippen MR) is 101 cm³/mol. The molecule has 1 aliphatic heterocycles. The average Bonchev–Trinajstić information content (AvgIpc) is 2.61. The number of nitrogens with zero attached hydrogens (tertiary/aromatic N) is 1. The Bertz CT molecular complexity index is 529. The van der Waals surface area contributed by atoms with Crippen LogP contribution in [0, 0.1) is 5.92 Å². The van der Waals surface area contributed by atoms with Crippen molar-refractivity contribution in [2.24, 2.45) is 5.92 Å². The number of likely N-dealkylation sites (tertiary alicyclic amines) is 1. The second-order valence-corrected chi connectivity index (χ2v) is 8.66. The van der Waals surface area contributed by atoms with E-state index < -0.39 is 11.7 Å². The summed E-state index contributed by atoms with van der Waals surface area (Å²) in [5.41, 5.74) is -0.534. The number of hydrogen-bond donors (Lipinski definition) is 1. The van der Waals surface area contributed by atoms with Crippen LogP contribution in [0.3, 0.4) is 0 Å². The molecule has 1 N–H and O–H groups in total. The molecule has 1 atom stereocenters. The molecule has 7 heteroatoms. The number of hydrogen-bond acceptors (Lipinski definition) is 5. The highest BCUT2D eigenvalue weighted by Crippen LogP contribution is 2.22. The molecule has 1 saturated carbocycles. The maximum atomic E-state index is 12.4. The summed E-state index contributed by atoms with van der Waals surface area (Å²) in [5, 5.41) is 2.99. The Morgan fingerprint density at radius 1 is 1.00 bits per heavy atom. The number of piperidine rings is 1. The number of esters is 1.